The molecule has 2 heterocycles. The minimum Gasteiger partial charge on any atom is -0.506 e. The van der Waals surface area contributed by atoms with Crippen molar-refractivity contribution in [2.24, 2.45) is 0 Å². The number of benzene rings is 2. The van der Waals surface area contributed by atoms with Gasteiger partial charge < -0.3 is 10.4 Å². The van der Waals surface area contributed by atoms with Crippen molar-refractivity contribution in [2.75, 3.05) is 10.2 Å². The zero-order valence-electron chi connectivity index (χ0n) is 17.9. The van der Waals surface area contributed by atoms with E-state index in [0.717, 1.165) is 17.1 Å². The number of phenolic OH excluding ortho intramolecular Hbond substituents is 1. The van der Waals surface area contributed by atoms with Crippen LogP contribution in [-0.4, -0.2) is 26.0 Å². The Morgan fingerprint density at radius 3 is 2.28 bits per heavy atom. The predicted octanol–water partition coefficient (Wildman–Crippen LogP) is 4.78. The predicted molar refractivity (Wildman–Crippen MR) is 124 cm³/mol. The first-order chi connectivity index (χ1) is 15.5. The van der Waals surface area contributed by atoms with Crippen LogP contribution in [0.2, 0.25) is 0 Å². The summed E-state index contributed by atoms with van der Waals surface area (Å²) in [7, 11) is 0. The third kappa shape index (κ3) is 4.89. The quantitative estimate of drug-likeness (QED) is 0.462. The number of phenols is 1. The number of anilines is 3. The molecule has 0 radical (unpaired) electrons. The SMILES string of the molecule is Cc1cc(C)nc(Nc2ccc(C(=O)N(Cc3ccccn3)c3ccccc3O)cc2)n1. The molecule has 7 heteroatoms. The Morgan fingerprint density at radius 1 is 0.938 bits per heavy atom. The van der Waals surface area contributed by atoms with E-state index in [1.807, 2.05) is 38.1 Å². The third-order valence-electron chi connectivity index (χ3n) is 4.83. The molecule has 2 aromatic heterocycles. The van der Waals surface area contributed by atoms with E-state index in [4.69, 9.17) is 0 Å². The monoisotopic (exact) mass is 425 g/mol. The van der Waals surface area contributed by atoms with E-state index in [0.29, 0.717) is 22.9 Å². The van der Waals surface area contributed by atoms with Crippen LogP contribution < -0.4 is 10.2 Å². The fourth-order valence-corrected chi connectivity index (χ4v) is 3.38. The number of aromatic nitrogens is 3. The molecule has 0 spiro atoms. The summed E-state index contributed by atoms with van der Waals surface area (Å²) in [4.78, 5) is 28.0. The smallest absolute Gasteiger partial charge is 0.258 e. The van der Waals surface area contributed by atoms with E-state index >= 15 is 0 Å². The fraction of sp³-hybridized carbons (Fsp3) is 0.120. The summed E-state index contributed by atoms with van der Waals surface area (Å²) in [6.45, 7) is 4.06. The Kier molecular flexibility index (Phi) is 6.07. The molecular weight excluding hydrogens is 402 g/mol. The van der Waals surface area contributed by atoms with Gasteiger partial charge in [-0.15, -0.1) is 0 Å². The van der Waals surface area contributed by atoms with Crippen LogP contribution >= 0.6 is 0 Å². The highest BCUT2D eigenvalue weighted by atomic mass is 16.3. The summed E-state index contributed by atoms with van der Waals surface area (Å²) in [6.07, 6.45) is 1.68. The van der Waals surface area contributed by atoms with Crippen LogP contribution in [0.25, 0.3) is 0 Å². The zero-order valence-corrected chi connectivity index (χ0v) is 17.9. The molecule has 0 atom stereocenters. The van der Waals surface area contributed by atoms with Crippen LogP contribution in [0.5, 0.6) is 5.75 Å². The third-order valence-corrected chi connectivity index (χ3v) is 4.83. The lowest BCUT2D eigenvalue weighted by Gasteiger charge is -2.23. The second-order valence-electron chi connectivity index (χ2n) is 7.38. The Morgan fingerprint density at radius 2 is 1.62 bits per heavy atom. The number of carbonyl (C=O) groups excluding carboxylic acids is 1. The van der Waals surface area contributed by atoms with E-state index in [2.05, 4.69) is 20.3 Å². The van der Waals surface area contributed by atoms with Gasteiger partial charge in [0.2, 0.25) is 5.95 Å². The van der Waals surface area contributed by atoms with Crippen molar-refractivity contribution in [1.29, 1.82) is 0 Å². The minimum absolute atomic E-state index is 0.0297. The molecule has 7 nitrogen and oxygen atoms in total. The number of hydrogen-bond donors (Lipinski definition) is 2. The fourth-order valence-electron chi connectivity index (χ4n) is 3.38. The lowest BCUT2D eigenvalue weighted by Crippen LogP contribution is -2.30. The lowest BCUT2D eigenvalue weighted by atomic mass is 10.1. The van der Waals surface area contributed by atoms with Gasteiger partial charge in [-0.25, -0.2) is 9.97 Å². The molecule has 1 amide bonds. The van der Waals surface area contributed by atoms with Gasteiger partial charge >= 0.3 is 0 Å². The van der Waals surface area contributed by atoms with Gasteiger partial charge in [0.05, 0.1) is 17.9 Å². The van der Waals surface area contributed by atoms with E-state index in [1.165, 1.54) is 4.90 Å². The molecule has 32 heavy (non-hydrogen) atoms. The average molecular weight is 425 g/mol. The number of aryl methyl sites for hydroxylation is 2. The summed E-state index contributed by atoms with van der Waals surface area (Å²) in [5.74, 6) is 0.293. The van der Waals surface area contributed by atoms with Crippen LogP contribution in [0.1, 0.15) is 27.4 Å². The Labute approximate surface area is 186 Å². The Balaban J connectivity index is 1.59. The number of nitrogens with zero attached hydrogens (tertiary/aromatic N) is 4. The molecule has 0 aliphatic carbocycles. The van der Waals surface area contributed by atoms with Crippen LogP contribution in [-0.2, 0) is 6.54 Å². The first-order valence-corrected chi connectivity index (χ1v) is 10.2. The number of para-hydroxylation sites is 2. The van der Waals surface area contributed by atoms with E-state index in [1.54, 1.807) is 54.7 Å². The van der Waals surface area contributed by atoms with Crippen LogP contribution in [0.4, 0.5) is 17.3 Å². The van der Waals surface area contributed by atoms with Crippen molar-refractivity contribution in [3.63, 3.8) is 0 Å². The van der Waals surface area contributed by atoms with Crippen molar-refractivity contribution in [3.8, 4) is 5.75 Å². The van der Waals surface area contributed by atoms with Gasteiger partial charge in [0.1, 0.15) is 5.75 Å². The minimum atomic E-state index is -0.244. The molecule has 0 saturated carbocycles. The molecule has 2 aromatic carbocycles. The summed E-state index contributed by atoms with van der Waals surface area (Å²) < 4.78 is 0. The first kappa shape index (κ1) is 21.0. The number of pyridine rings is 1. The molecule has 0 unspecified atom stereocenters. The molecule has 0 aliphatic rings. The van der Waals surface area contributed by atoms with Crippen LogP contribution in [0.3, 0.4) is 0 Å². The number of nitrogens with one attached hydrogen (secondary N) is 1. The lowest BCUT2D eigenvalue weighted by molar-refractivity contribution is 0.0984. The van der Waals surface area contributed by atoms with Crippen LogP contribution in [0.15, 0.2) is 79.0 Å². The molecule has 0 aliphatic heterocycles. The van der Waals surface area contributed by atoms with Gasteiger partial charge in [0.15, 0.2) is 0 Å². The summed E-state index contributed by atoms with van der Waals surface area (Å²) in [6, 6.07) is 21.3. The molecule has 4 rings (SSSR count). The van der Waals surface area contributed by atoms with Crippen molar-refractivity contribution in [2.45, 2.75) is 20.4 Å². The molecule has 0 fully saturated rings. The van der Waals surface area contributed by atoms with Gasteiger partial charge in [-0.3, -0.25) is 14.7 Å². The summed E-state index contributed by atoms with van der Waals surface area (Å²) in [5, 5.41) is 13.5. The number of aromatic hydroxyl groups is 1. The Bertz CT molecular complexity index is 1210. The van der Waals surface area contributed by atoms with Crippen LogP contribution in [0, 0.1) is 13.8 Å². The van der Waals surface area contributed by atoms with Crippen molar-refractivity contribution >= 4 is 23.2 Å². The molecular formula is C25H23N5O2. The second kappa shape index (κ2) is 9.26. The topological polar surface area (TPSA) is 91.2 Å². The largest absolute Gasteiger partial charge is 0.506 e. The zero-order chi connectivity index (χ0) is 22.5. The molecule has 160 valence electrons. The average Bonchev–Trinajstić information content (AvgIpc) is 2.78. The normalized spacial score (nSPS) is 10.6. The van der Waals surface area contributed by atoms with Gasteiger partial charge in [-0.2, -0.15) is 0 Å². The highest BCUT2D eigenvalue weighted by molar-refractivity contribution is 6.06. The number of hydrogen-bond acceptors (Lipinski definition) is 6. The van der Waals surface area contributed by atoms with Gasteiger partial charge in [-0.05, 0) is 68.4 Å². The standard InChI is InChI=1S/C25H23N5O2/c1-17-15-18(2)28-25(27-17)29-20-12-10-19(11-13-20)24(32)30(16-21-7-5-6-14-26-21)22-8-3-4-9-23(22)31/h3-15,31H,16H2,1-2H3,(H,27,28,29). The molecule has 2 N–H and O–H groups in total. The van der Waals surface area contributed by atoms with E-state index in [-0.39, 0.29) is 18.2 Å². The summed E-state index contributed by atoms with van der Waals surface area (Å²) >= 11 is 0. The second-order valence-corrected chi connectivity index (χ2v) is 7.38. The number of rotatable bonds is 6. The molecule has 0 bridgehead atoms. The number of amides is 1. The number of carbonyl (C=O) groups is 1. The van der Waals surface area contributed by atoms with Crippen molar-refractivity contribution in [3.05, 3.63) is 102 Å². The maximum absolute atomic E-state index is 13.4. The maximum atomic E-state index is 13.4. The molecule has 4 aromatic rings. The maximum Gasteiger partial charge on any atom is 0.258 e. The van der Waals surface area contributed by atoms with E-state index < -0.39 is 0 Å². The first-order valence-electron chi connectivity index (χ1n) is 10.2. The highest BCUT2D eigenvalue weighted by Crippen LogP contribution is 2.29. The highest BCUT2D eigenvalue weighted by Gasteiger charge is 2.21. The Hall–Kier alpha value is -4.26. The van der Waals surface area contributed by atoms with Gasteiger partial charge in [0.25, 0.3) is 5.91 Å². The summed E-state index contributed by atoms with van der Waals surface area (Å²) in [5.41, 5.74) is 4.14. The molecule has 0 saturated heterocycles. The van der Waals surface area contributed by atoms with Crippen molar-refractivity contribution < 1.29 is 9.90 Å². The van der Waals surface area contributed by atoms with Crippen molar-refractivity contribution in [1.82, 2.24) is 15.0 Å². The van der Waals surface area contributed by atoms with E-state index in [9.17, 15) is 9.90 Å². The van der Waals surface area contributed by atoms with Gasteiger partial charge in [-0.1, -0.05) is 18.2 Å². The van der Waals surface area contributed by atoms with Gasteiger partial charge in [0, 0.05) is 28.8 Å².